The van der Waals surface area contributed by atoms with Crippen LogP contribution in [0.1, 0.15) is 6.92 Å². The predicted molar refractivity (Wildman–Crippen MR) is 64.4 cm³/mol. The van der Waals surface area contributed by atoms with E-state index in [1.807, 2.05) is 24.4 Å². The summed E-state index contributed by atoms with van der Waals surface area (Å²) < 4.78 is 3.32. The van der Waals surface area contributed by atoms with E-state index in [4.69, 9.17) is 0 Å². The number of anilines is 1. The molecule has 0 fully saturated rings. The van der Waals surface area contributed by atoms with Crippen LogP contribution in [-0.4, -0.2) is 30.3 Å². The molecule has 0 unspecified atom stereocenters. The minimum atomic E-state index is -0.196. The van der Waals surface area contributed by atoms with Crippen molar-refractivity contribution in [2.45, 2.75) is 6.92 Å². The number of hydrogen-bond donors (Lipinski definition) is 1. The van der Waals surface area contributed by atoms with E-state index in [0.29, 0.717) is 11.6 Å². The third kappa shape index (κ3) is 1.81. The highest BCUT2D eigenvalue weighted by Gasteiger charge is 2.06. The van der Waals surface area contributed by atoms with E-state index in [0.717, 1.165) is 5.69 Å². The van der Waals surface area contributed by atoms with Crippen molar-refractivity contribution in [1.82, 2.24) is 24.4 Å². The van der Waals surface area contributed by atoms with Crippen molar-refractivity contribution in [1.29, 1.82) is 0 Å². The third-order valence-corrected chi connectivity index (χ3v) is 2.38. The van der Waals surface area contributed by atoms with Gasteiger partial charge in [-0.15, -0.1) is 5.10 Å². The zero-order valence-corrected chi connectivity index (χ0v) is 9.61. The summed E-state index contributed by atoms with van der Waals surface area (Å²) in [5, 5.41) is 10.8. The lowest BCUT2D eigenvalue weighted by Gasteiger charge is -2.00. The Kier molecular flexibility index (Phi) is 2.30. The highest BCUT2D eigenvalue weighted by atomic mass is 16.1. The Hall–Kier alpha value is -2.70. The first-order chi connectivity index (χ1) is 8.72. The van der Waals surface area contributed by atoms with Gasteiger partial charge in [-0.3, -0.25) is 10.1 Å². The van der Waals surface area contributed by atoms with Gasteiger partial charge in [-0.1, -0.05) is 0 Å². The molecular formula is C11H10N6O. The van der Waals surface area contributed by atoms with Crippen LogP contribution in [0.25, 0.3) is 11.3 Å². The van der Waals surface area contributed by atoms with Gasteiger partial charge in [-0.2, -0.15) is 10.1 Å². The molecule has 0 radical (unpaired) electrons. The number of nitrogens with one attached hydrogen (secondary N) is 1. The standard InChI is InChI=1S/C11H10N6O/c1-8(18)13-11-14-10-7-9(3-6-17(10)15-11)16-5-2-4-12-16/h2-7H,1H3,(H,13,15,18). The summed E-state index contributed by atoms with van der Waals surface area (Å²) in [6.07, 6.45) is 5.32. The smallest absolute Gasteiger partial charge is 0.249 e. The minimum Gasteiger partial charge on any atom is -0.293 e. The Labute approximate surface area is 102 Å². The lowest BCUT2D eigenvalue weighted by Crippen LogP contribution is -2.07. The van der Waals surface area contributed by atoms with Gasteiger partial charge in [0, 0.05) is 31.6 Å². The Balaban J connectivity index is 2.04. The number of amides is 1. The molecule has 18 heavy (non-hydrogen) atoms. The molecule has 0 aliphatic rings. The number of carbonyl (C=O) groups excluding carboxylic acids is 1. The summed E-state index contributed by atoms with van der Waals surface area (Å²) in [5.74, 6) is 0.0957. The molecule has 0 aromatic carbocycles. The number of fused-ring (bicyclic) bond motifs is 1. The monoisotopic (exact) mass is 242 g/mol. The van der Waals surface area contributed by atoms with Crippen molar-refractivity contribution in [3.8, 4) is 5.69 Å². The van der Waals surface area contributed by atoms with E-state index >= 15 is 0 Å². The summed E-state index contributed by atoms with van der Waals surface area (Å²) >= 11 is 0. The van der Waals surface area contributed by atoms with Crippen LogP contribution >= 0.6 is 0 Å². The van der Waals surface area contributed by atoms with E-state index < -0.39 is 0 Å². The lowest BCUT2D eigenvalue weighted by molar-refractivity contribution is -0.114. The molecule has 7 nitrogen and oxygen atoms in total. The van der Waals surface area contributed by atoms with Gasteiger partial charge >= 0.3 is 0 Å². The third-order valence-electron chi connectivity index (χ3n) is 2.38. The number of aromatic nitrogens is 5. The number of nitrogens with zero attached hydrogens (tertiary/aromatic N) is 5. The molecular weight excluding hydrogens is 232 g/mol. The summed E-state index contributed by atoms with van der Waals surface area (Å²) in [7, 11) is 0. The van der Waals surface area contributed by atoms with Crippen molar-refractivity contribution in [2.24, 2.45) is 0 Å². The average Bonchev–Trinajstić information content (AvgIpc) is 2.94. The number of carbonyl (C=O) groups is 1. The quantitative estimate of drug-likeness (QED) is 0.723. The summed E-state index contributed by atoms with van der Waals surface area (Å²) in [4.78, 5) is 15.1. The Morgan fingerprint density at radius 2 is 2.28 bits per heavy atom. The molecule has 0 aliphatic heterocycles. The first kappa shape index (κ1) is 10.5. The van der Waals surface area contributed by atoms with Crippen LogP contribution in [0.2, 0.25) is 0 Å². The first-order valence-electron chi connectivity index (χ1n) is 5.36. The maximum Gasteiger partial charge on any atom is 0.249 e. The topological polar surface area (TPSA) is 77.1 Å². The average molecular weight is 242 g/mol. The Morgan fingerprint density at radius 1 is 1.39 bits per heavy atom. The van der Waals surface area contributed by atoms with Crippen molar-refractivity contribution < 1.29 is 4.79 Å². The van der Waals surface area contributed by atoms with Crippen LogP contribution in [-0.2, 0) is 4.79 Å². The molecule has 0 spiro atoms. The van der Waals surface area contributed by atoms with Crippen LogP contribution in [0.15, 0.2) is 36.8 Å². The fourth-order valence-electron chi connectivity index (χ4n) is 1.65. The molecule has 1 amide bonds. The van der Waals surface area contributed by atoms with E-state index in [1.165, 1.54) is 6.92 Å². The summed E-state index contributed by atoms with van der Waals surface area (Å²) in [5.41, 5.74) is 1.53. The molecule has 0 saturated carbocycles. The number of pyridine rings is 1. The van der Waals surface area contributed by atoms with Gasteiger partial charge in [0.25, 0.3) is 0 Å². The summed E-state index contributed by atoms with van der Waals surface area (Å²) in [6.45, 7) is 1.42. The Morgan fingerprint density at radius 3 is 3.00 bits per heavy atom. The van der Waals surface area contributed by atoms with Crippen molar-refractivity contribution in [2.75, 3.05) is 5.32 Å². The normalized spacial score (nSPS) is 10.7. The molecule has 3 aromatic rings. The molecule has 0 saturated heterocycles. The minimum absolute atomic E-state index is 0.196. The van der Waals surface area contributed by atoms with Crippen molar-refractivity contribution in [3.63, 3.8) is 0 Å². The Bertz CT molecular complexity index is 699. The number of rotatable bonds is 2. The van der Waals surface area contributed by atoms with Crippen LogP contribution in [0.5, 0.6) is 0 Å². The fourth-order valence-corrected chi connectivity index (χ4v) is 1.65. The molecule has 0 bridgehead atoms. The molecule has 1 N–H and O–H groups in total. The molecule has 3 aromatic heterocycles. The molecule has 3 heterocycles. The van der Waals surface area contributed by atoms with Crippen LogP contribution in [0.3, 0.4) is 0 Å². The summed E-state index contributed by atoms with van der Waals surface area (Å²) in [6, 6.07) is 5.55. The van der Waals surface area contributed by atoms with Gasteiger partial charge in [0.15, 0.2) is 5.65 Å². The van der Waals surface area contributed by atoms with Gasteiger partial charge in [0.2, 0.25) is 11.9 Å². The zero-order valence-electron chi connectivity index (χ0n) is 9.61. The molecule has 3 rings (SSSR count). The molecule has 90 valence electrons. The molecule has 0 atom stereocenters. The maximum atomic E-state index is 10.9. The highest BCUT2D eigenvalue weighted by Crippen LogP contribution is 2.11. The molecule has 7 heteroatoms. The SMILES string of the molecule is CC(=O)Nc1nc2cc(-n3cccn3)ccn2n1. The van der Waals surface area contributed by atoms with E-state index in [-0.39, 0.29) is 5.91 Å². The second-order valence-corrected chi connectivity index (χ2v) is 3.75. The van der Waals surface area contributed by atoms with Crippen molar-refractivity contribution in [3.05, 3.63) is 36.8 Å². The van der Waals surface area contributed by atoms with Gasteiger partial charge in [0.1, 0.15) is 0 Å². The second-order valence-electron chi connectivity index (χ2n) is 3.75. The van der Waals surface area contributed by atoms with Gasteiger partial charge in [-0.25, -0.2) is 9.20 Å². The van der Waals surface area contributed by atoms with E-state index in [2.05, 4.69) is 20.5 Å². The maximum absolute atomic E-state index is 10.9. The fraction of sp³-hybridized carbons (Fsp3) is 0.0909. The molecule has 0 aliphatic carbocycles. The largest absolute Gasteiger partial charge is 0.293 e. The van der Waals surface area contributed by atoms with Gasteiger partial charge < -0.3 is 0 Å². The van der Waals surface area contributed by atoms with Crippen molar-refractivity contribution >= 4 is 17.5 Å². The predicted octanol–water partition coefficient (Wildman–Crippen LogP) is 0.873. The second kappa shape index (κ2) is 3.95. The first-order valence-corrected chi connectivity index (χ1v) is 5.36. The van der Waals surface area contributed by atoms with Crippen LogP contribution < -0.4 is 5.32 Å². The van der Waals surface area contributed by atoms with Crippen LogP contribution in [0, 0.1) is 0 Å². The lowest BCUT2D eigenvalue weighted by atomic mass is 10.4. The van der Waals surface area contributed by atoms with E-state index in [9.17, 15) is 4.79 Å². The van der Waals surface area contributed by atoms with E-state index in [1.54, 1.807) is 21.6 Å². The zero-order chi connectivity index (χ0) is 12.5. The van der Waals surface area contributed by atoms with Gasteiger partial charge in [0.05, 0.1) is 5.69 Å². The number of hydrogen-bond acceptors (Lipinski definition) is 4. The highest BCUT2D eigenvalue weighted by molar-refractivity contribution is 5.86. The van der Waals surface area contributed by atoms with Gasteiger partial charge in [-0.05, 0) is 12.1 Å². The van der Waals surface area contributed by atoms with Crippen LogP contribution in [0.4, 0.5) is 5.95 Å².